The molecular formula is C23H28N2O6S. The van der Waals surface area contributed by atoms with Crippen LogP contribution in [0.3, 0.4) is 0 Å². The summed E-state index contributed by atoms with van der Waals surface area (Å²) < 4.78 is 29.6. The Morgan fingerprint density at radius 1 is 1.12 bits per heavy atom. The van der Waals surface area contributed by atoms with Gasteiger partial charge in [0.05, 0.1) is 16.4 Å². The number of nitro benzene ring substituents is 1. The zero-order valence-corrected chi connectivity index (χ0v) is 19.3. The third-order valence-corrected chi connectivity index (χ3v) is 7.30. The minimum Gasteiger partial charge on any atom is -0.484 e. The van der Waals surface area contributed by atoms with Crippen LogP contribution in [0.1, 0.15) is 38.3 Å². The standard InChI is InChI=1S/C23H28N2O6S/c1-23(2,3)18-6-4-17(5-7-18)14-24(20-12-13-32(29,30)16-20)22(26)15-31-21-10-8-19(9-11-21)25(27)28/h4-11,20H,12-16H2,1-3H3/t20-/m1/s1. The first-order chi connectivity index (χ1) is 14.9. The van der Waals surface area contributed by atoms with Gasteiger partial charge in [0.1, 0.15) is 5.75 Å². The third kappa shape index (κ3) is 6.06. The maximum Gasteiger partial charge on any atom is 0.269 e. The van der Waals surface area contributed by atoms with E-state index >= 15 is 0 Å². The summed E-state index contributed by atoms with van der Waals surface area (Å²) in [4.78, 5) is 24.8. The number of non-ortho nitro benzene ring substituents is 1. The fourth-order valence-corrected chi connectivity index (χ4v) is 5.37. The maximum absolute atomic E-state index is 13.0. The van der Waals surface area contributed by atoms with Crippen molar-refractivity contribution >= 4 is 21.4 Å². The van der Waals surface area contributed by atoms with Crippen LogP contribution >= 0.6 is 0 Å². The van der Waals surface area contributed by atoms with Gasteiger partial charge < -0.3 is 9.64 Å². The average Bonchev–Trinajstić information content (AvgIpc) is 3.09. The zero-order chi connectivity index (χ0) is 23.5. The number of ether oxygens (including phenoxy) is 1. The van der Waals surface area contributed by atoms with Crippen molar-refractivity contribution in [3.63, 3.8) is 0 Å². The summed E-state index contributed by atoms with van der Waals surface area (Å²) in [6, 6.07) is 13.0. The van der Waals surface area contributed by atoms with Crippen molar-refractivity contribution in [1.82, 2.24) is 4.90 Å². The van der Waals surface area contributed by atoms with Gasteiger partial charge in [0.2, 0.25) is 0 Å². The van der Waals surface area contributed by atoms with Crippen molar-refractivity contribution in [2.45, 2.75) is 45.2 Å². The summed E-state index contributed by atoms with van der Waals surface area (Å²) >= 11 is 0. The van der Waals surface area contributed by atoms with Crippen LogP contribution in [0.25, 0.3) is 0 Å². The fourth-order valence-electron chi connectivity index (χ4n) is 3.64. The molecule has 0 saturated carbocycles. The number of nitrogens with zero attached hydrogens (tertiary/aromatic N) is 2. The summed E-state index contributed by atoms with van der Waals surface area (Å²) in [5.74, 6) is 0.00655. The highest BCUT2D eigenvalue weighted by Gasteiger charge is 2.35. The minimum absolute atomic E-state index is 0.00612. The predicted molar refractivity (Wildman–Crippen MR) is 121 cm³/mol. The van der Waals surface area contributed by atoms with Gasteiger partial charge in [-0.25, -0.2) is 8.42 Å². The number of hydrogen-bond donors (Lipinski definition) is 0. The molecule has 9 heteroatoms. The van der Waals surface area contributed by atoms with Crippen molar-refractivity contribution in [3.8, 4) is 5.75 Å². The highest BCUT2D eigenvalue weighted by molar-refractivity contribution is 7.91. The molecule has 0 spiro atoms. The fraction of sp³-hybridized carbons (Fsp3) is 0.435. The zero-order valence-electron chi connectivity index (χ0n) is 18.5. The number of amides is 1. The number of carbonyl (C=O) groups excluding carboxylic acids is 1. The molecule has 2 aromatic carbocycles. The van der Waals surface area contributed by atoms with Gasteiger partial charge in [-0.3, -0.25) is 14.9 Å². The molecule has 1 atom stereocenters. The molecule has 0 unspecified atom stereocenters. The van der Waals surface area contributed by atoms with Gasteiger partial charge in [-0.05, 0) is 35.1 Å². The second kappa shape index (κ2) is 9.28. The van der Waals surface area contributed by atoms with E-state index < -0.39 is 20.8 Å². The number of carbonyl (C=O) groups is 1. The van der Waals surface area contributed by atoms with E-state index in [-0.39, 0.29) is 41.7 Å². The lowest BCUT2D eigenvalue weighted by Crippen LogP contribution is -2.43. The molecule has 1 amide bonds. The Bertz CT molecular complexity index is 1070. The molecule has 1 fully saturated rings. The van der Waals surface area contributed by atoms with E-state index in [1.54, 1.807) is 4.90 Å². The first-order valence-electron chi connectivity index (χ1n) is 10.4. The molecule has 0 radical (unpaired) electrons. The Hall–Kier alpha value is -2.94. The van der Waals surface area contributed by atoms with Crippen molar-refractivity contribution in [1.29, 1.82) is 0 Å². The monoisotopic (exact) mass is 460 g/mol. The first-order valence-corrected chi connectivity index (χ1v) is 12.2. The minimum atomic E-state index is -3.17. The van der Waals surface area contributed by atoms with Crippen LogP contribution < -0.4 is 4.74 Å². The Balaban J connectivity index is 1.73. The molecule has 1 aliphatic heterocycles. The van der Waals surface area contributed by atoms with Crippen molar-refractivity contribution in [2.24, 2.45) is 0 Å². The summed E-state index contributed by atoms with van der Waals surface area (Å²) in [6.07, 6.45) is 0.395. The largest absolute Gasteiger partial charge is 0.484 e. The molecule has 3 rings (SSSR count). The molecule has 0 aromatic heterocycles. The summed E-state index contributed by atoms with van der Waals surface area (Å²) in [6.45, 7) is 6.37. The summed E-state index contributed by atoms with van der Waals surface area (Å²) in [5, 5.41) is 10.8. The lowest BCUT2D eigenvalue weighted by molar-refractivity contribution is -0.384. The van der Waals surface area contributed by atoms with E-state index in [4.69, 9.17) is 4.74 Å². The lowest BCUT2D eigenvalue weighted by Gasteiger charge is -2.29. The van der Waals surface area contributed by atoms with Gasteiger partial charge >= 0.3 is 0 Å². The molecule has 8 nitrogen and oxygen atoms in total. The molecule has 1 aliphatic rings. The van der Waals surface area contributed by atoms with Crippen LogP contribution in [0.15, 0.2) is 48.5 Å². The smallest absolute Gasteiger partial charge is 0.269 e. The Labute approximate surface area is 188 Å². The number of hydrogen-bond acceptors (Lipinski definition) is 6. The molecule has 0 N–H and O–H groups in total. The normalized spacial score (nSPS) is 17.7. The molecule has 32 heavy (non-hydrogen) atoms. The second-order valence-corrected chi connectivity index (χ2v) is 11.3. The van der Waals surface area contributed by atoms with Gasteiger partial charge in [-0.1, -0.05) is 45.0 Å². The van der Waals surface area contributed by atoms with Crippen molar-refractivity contribution in [3.05, 3.63) is 69.8 Å². The van der Waals surface area contributed by atoms with Crippen LogP contribution in [0.5, 0.6) is 5.75 Å². The molecule has 172 valence electrons. The molecule has 0 bridgehead atoms. The van der Waals surface area contributed by atoms with E-state index in [1.165, 1.54) is 29.8 Å². The van der Waals surface area contributed by atoms with Crippen LogP contribution in [0, 0.1) is 10.1 Å². The predicted octanol–water partition coefficient (Wildman–Crippen LogP) is 3.49. The van der Waals surface area contributed by atoms with E-state index in [0.717, 1.165) is 5.56 Å². The van der Waals surface area contributed by atoms with Gasteiger partial charge in [0, 0.05) is 24.7 Å². The Morgan fingerprint density at radius 3 is 2.25 bits per heavy atom. The van der Waals surface area contributed by atoms with Crippen LogP contribution in [0.2, 0.25) is 0 Å². The molecule has 1 heterocycles. The van der Waals surface area contributed by atoms with Crippen LogP contribution in [0.4, 0.5) is 5.69 Å². The topological polar surface area (TPSA) is 107 Å². The van der Waals surface area contributed by atoms with Gasteiger partial charge in [0.15, 0.2) is 16.4 Å². The summed E-state index contributed by atoms with van der Waals surface area (Å²) in [5.41, 5.74) is 2.02. The van der Waals surface area contributed by atoms with E-state index in [2.05, 4.69) is 20.8 Å². The second-order valence-electron chi connectivity index (χ2n) is 9.07. The maximum atomic E-state index is 13.0. The molecule has 0 aliphatic carbocycles. The third-order valence-electron chi connectivity index (χ3n) is 5.55. The average molecular weight is 461 g/mol. The summed E-state index contributed by atoms with van der Waals surface area (Å²) in [7, 11) is -3.17. The lowest BCUT2D eigenvalue weighted by atomic mass is 9.86. The van der Waals surface area contributed by atoms with Crippen molar-refractivity contribution in [2.75, 3.05) is 18.1 Å². The number of benzene rings is 2. The number of nitro groups is 1. The van der Waals surface area contributed by atoms with E-state index in [9.17, 15) is 23.3 Å². The van der Waals surface area contributed by atoms with E-state index in [1.807, 2.05) is 24.3 Å². The quantitative estimate of drug-likeness (QED) is 0.462. The Kier molecular flexibility index (Phi) is 6.88. The number of sulfone groups is 1. The Morgan fingerprint density at radius 2 is 1.75 bits per heavy atom. The molecular weight excluding hydrogens is 432 g/mol. The van der Waals surface area contributed by atoms with Crippen LogP contribution in [-0.2, 0) is 26.6 Å². The van der Waals surface area contributed by atoms with Gasteiger partial charge in [0.25, 0.3) is 11.6 Å². The van der Waals surface area contributed by atoms with Gasteiger partial charge in [-0.2, -0.15) is 0 Å². The van der Waals surface area contributed by atoms with Crippen molar-refractivity contribution < 1.29 is 22.9 Å². The molecule has 1 saturated heterocycles. The van der Waals surface area contributed by atoms with Gasteiger partial charge in [-0.15, -0.1) is 0 Å². The SMILES string of the molecule is CC(C)(C)c1ccc(CN(C(=O)COc2ccc([N+](=O)[O-])cc2)[C@@H]2CCS(=O)(=O)C2)cc1. The first kappa shape index (κ1) is 23.7. The number of rotatable bonds is 7. The van der Waals surface area contributed by atoms with Crippen LogP contribution in [-0.4, -0.2) is 48.3 Å². The molecule has 2 aromatic rings. The van der Waals surface area contributed by atoms with E-state index in [0.29, 0.717) is 12.2 Å². The highest BCUT2D eigenvalue weighted by Crippen LogP contribution is 2.25. The highest BCUT2D eigenvalue weighted by atomic mass is 32.2.